The molecule has 0 aliphatic rings. The van der Waals surface area contributed by atoms with Gasteiger partial charge in [0.05, 0.1) is 12.1 Å². The van der Waals surface area contributed by atoms with E-state index in [1.54, 1.807) is 0 Å². The lowest BCUT2D eigenvalue weighted by atomic mass is 10.1. The third-order valence-electron chi connectivity index (χ3n) is 3.89. The van der Waals surface area contributed by atoms with Crippen LogP contribution in [0.2, 0.25) is 0 Å². The summed E-state index contributed by atoms with van der Waals surface area (Å²) < 4.78 is 1.97. The van der Waals surface area contributed by atoms with Gasteiger partial charge in [0.1, 0.15) is 5.78 Å². The minimum atomic E-state index is 0.329. The van der Waals surface area contributed by atoms with E-state index in [4.69, 9.17) is 0 Å². The van der Waals surface area contributed by atoms with Crippen LogP contribution in [0.1, 0.15) is 83.9 Å². The summed E-state index contributed by atoms with van der Waals surface area (Å²) in [6.07, 6.45) is 11.7. The van der Waals surface area contributed by atoms with Crippen molar-refractivity contribution in [3.63, 3.8) is 0 Å². The Bertz CT molecular complexity index is 384. The fourth-order valence-corrected chi connectivity index (χ4v) is 2.30. The van der Waals surface area contributed by atoms with Gasteiger partial charge in [-0.05, 0) is 25.8 Å². The van der Waals surface area contributed by atoms with Crippen LogP contribution in [-0.2, 0) is 11.2 Å². The van der Waals surface area contributed by atoms with Gasteiger partial charge in [0.15, 0.2) is 0 Å². The molecule has 1 atom stereocenters. The molecule has 1 heterocycles. The predicted molar refractivity (Wildman–Crippen MR) is 83.9 cm³/mol. The zero-order valence-corrected chi connectivity index (χ0v) is 13.4. The Labute approximate surface area is 123 Å². The van der Waals surface area contributed by atoms with Crippen molar-refractivity contribution in [2.45, 2.75) is 84.6 Å². The number of aromatic nitrogens is 2. The molecular weight excluding hydrogens is 248 g/mol. The molecule has 0 saturated heterocycles. The highest BCUT2D eigenvalue weighted by Crippen LogP contribution is 2.11. The second-order valence-electron chi connectivity index (χ2n) is 5.78. The first-order valence-electron chi connectivity index (χ1n) is 8.23. The van der Waals surface area contributed by atoms with Crippen LogP contribution in [0.3, 0.4) is 0 Å². The summed E-state index contributed by atoms with van der Waals surface area (Å²) >= 11 is 0. The predicted octanol–water partition coefficient (Wildman–Crippen LogP) is 4.72. The maximum Gasteiger partial charge on any atom is 0.138 e. The first kappa shape index (κ1) is 16.9. The number of Topliss-reactive ketones (excluding diaryl/α,β-unsaturated/α-hetero) is 1. The van der Waals surface area contributed by atoms with Crippen LogP contribution in [0.5, 0.6) is 0 Å². The highest BCUT2D eigenvalue weighted by Gasteiger charge is 2.08. The lowest BCUT2D eigenvalue weighted by Crippen LogP contribution is -2.07. The van der Waals surface area contributed by atoms with Gasteiger partial charge in [-0.2, -0.15) is 5.10 Å². The number of unbranched alkanes of at least 4 members (excludes halogenated alkanes) is 5. The number of carbonyl (C=O) groups is 1. The molecule has 3 nitrogen and oxygen atoms in total. The lowest BCUT2D eigenvalue weighted by molar-refractivity contribution is -0.118. The molecule has 0 aliphatic heterocycles. The Kier molecular flexibility index (Phi) is 8.24. The molecule has 20 heavy (non-hydrogen) atoms. The topological polar surface area (TPSA) is 34.9 Å². The first-order chi connectivity index (χ1) is 9.67. The monoisotopic (exact) mass is 278 g/mol. The molecule has 1 unspecified atom stereocenters. The molecule has 0 radical (unpaired) electrons. The first-order valence-corrected chi connectivity index (χ1v) is 8.23. The van der Waals surface area contributed by atoms with Crippen LogP contribution >= 0.6 is 0 Å². The van der Waals surface area contributed by atoms with Gasteiger partial charge >= 0.3 is 0 Å². The molecule has 0 fully saturated rings. The summed E-state index contributed by atoms with van der Waals surface area (Å²) in [6, 6.07) is 2.39. The molecule has 0 aliphatic carbocycles. The third-order valence-corrected chi connectivity index (χ3v) is 3.89. The van der Waals surface area contributed by atoms with E-state index in [-0.39, 0.29) is 0 Å². The second kappa shape index (κ2) is 9.73. The average Bonchev–Trinajstić information content (AvgIpc) is 2.90. The van der Waals surface area contributed by atoms with E-state index in [2.05, 4.69) is 25.9 Å². The quantitative estimate of drug-likeness (QED) is 0.549. The summed E-state index contributed by atoms with van der Waals surface area (Å²) in [5, 5.41) is 4.49. The highest BCUT2D eigenvalue weighted by atomic mass is 16.1. The molecule has 1 rings (SSSR count). The van der Waals surface area contributed by atoms with Crippen molar-refractivity contribution in [3.8, 4) is 0 Å². The average molecular weight is 278 g/mol. The van der Waals surface area contributed by atoms with E-state index in [9.17, 15) is 4.79 Å². The van der Waals surface area contributed by atoms with E-state index in [0.717, 1.165) is 18.5 Å². The molecule has 1 aromatic heterocycles. The third kappa shape index (κ3) is 6.36. The second-order valence-corrected chi connectivity index (χ2v) is 5.78. The number of hydrogen-bond donors (Lipinski definition) is 0. The van der Waals surface area contributed by atoms with Crippen molar-refractivity contribution < 1.29 is 4.79 Å². The fraction of sp³-hybridized carbons (Fsp3) is 0.765. The fourth-order valence-electron chi connectivity index (χ4n) is 2.30. The SMILES string of the molecule is CCCCCCCCC(=O)Cc1ccn(C(C)CC)n1. The Morgan fingerprint density at radius 3 is 2.60 bits per heavy atom. The summed E-state index contributed by atoms with van der Waals surface area (Å²) in [4.78, 5) is 11.9. The molecule has 0 spiro atoms. The van der Waals surface area contributed by atoms with Crippen LogP contribution in [-0.4, -0.2) is 15.6 Å². The largest absolute Gasteiger partial charge is 0.299 e. The number of nitrogens with zero attached hydrogens (tertiary/aromatic N) is 2. The van der Waals surface area contributed by atoms with Crippen LogP contribution in [0, 0.1) is 0 Å². The van der Waals surface area contributed by atoms with Crippen molar-refractivity contribution in [1.82, 2.24) is 9.78 Å². The van der Waals surface area contributed by atoms with Gasteiger partial charge in [0.2, 0.25) is 0 Å². The number of carbonyl (C=O) groups excluding carboxylic acids is 1. The Morgan fingerprint density at radius 1 is 1.20 bits per heavy atom. The molecule has 114 valence electrons. The van der Waals surface area contributed by atoms with E-state index in [1.807, 2.05) is 16.9 Å². The lowest BCUT2D eigenvalue weighted by Gasteiger charge is -2.08. The Hall–Kier alpha value is -1.12. The van der Waals surface area contributed by atoms with Gasteiger partial charge in [-0.1, -0.05) is 46.0 Å². The van der Waals surface area contributed by atoms with Gasteiger partial charge < -0.3 is 0 Å². The van der Waals surface area contributed by atoms with Crippen molar-refractivity contribution in [2.75, 3.05) is 0 Å². The van der Waals surface area contributed by atoms with Crippen LogP contribution in [0.25, 0.3) is 0 Å². The summed E-state index contributed by atoms with van der Waals surface area (Å²) in [5.74, 6) is 0.329. The molecule has 1 aromatic rings. The van der Waals surface area contributed by atoms with Crippen molar-refractivity contribution in [1.29, 1.82) is 0 Å². The molecule has 3 heteroatoms. The zero-order chi connectivity index (χ0) is 14.8. The standard InChI is InChI=1S/C17H30N2O/c1-4-6-7-8-9-10-11-17(20)14-16-12-13-19(18-16)15(3)5-2/h12-13,15H,4-11,14H2,1-3H3. The molecule has 0 aromatic carbocycles. The molecule has 0 amide bonds. The normalized spacial score (nSPS) is 12.6. The van der Waals surface area contributed by atoms with Gasteiger partial charge in [-0.15, -0.1) is 0 Å². The summed E-state index contributed by atoms with van der Waals surface area (Å²) in [7, 11) is 0. The van der Waals surface area contributed by atoms with E-state index >= 15 is 0 Å². The van der Waals surface area contributed by atoms with Crippen LogP contribution in [0.4, 0.5) is 0 Å². The zero-order valence-electron chi connectivity index (χ0n) is 13.4. The summed E-state index contributed by atoms with van der Waals surface area (Å²) in [6.45, 7) is 6.52. The molecule has 0 bridgehead atoms. The van der Waals surface area contributed by atoms with E-state index < -0.39 is 0 Å². The Balaban J connectivity index is 2.20. The van der Waals surface area contributed by atoms with Crippen molar-refractivity contribution >= 4 is 5.78 Å². The molecular formula is C17H30N2O. The maximum absolute atomic E-state index is 11.9. The van der Waals surface area contributed by atoms with Gasteiger partial charge in [-0.25, -0.2) is 0 Å². The summed E-state index contributed by atoms with van der Waals surface area (Å²) in [5.41, 5.74) is 0.918. The van der Waals surface area contributed by atoms with Gasteiger partial charge in [0, 0.05) is 18.7 Å². The number of ketones is 1. The maximum atomic E-state index is 11.9. The minimum Gasteiger partial charge on any atom is -0.299 e. The molecule has 0 N–H and O–H groups in total. The Morgan fingerprint density at radius 2 is 1.90 bits per heavy atom. The smallest absolute Gasteiger partial charge is 0.138 e. The van der Waals surface area contributed by atoms with E-state index in [0.29, 0.717) is 24.7 Å². The minimum absolute atomic E-state index is 0.329. The molecule has 0 saturated carbocycles. The van der Waals surface area contributed by atoms with Crippen molar-refractivity contribution in [3.05, 3.63) is 18.0 Å². The van der Waals surface area contributed by atoms with Gasteiger partial charge in [0.25, 0.3) is 0 Å². The van der Waals surface area contributed by atoms with Crippen molar-refractivity contribution in [2.24, 2.45) is 0 Å². The van der Waals surface area contributed by atoms with E-state index in [1.165, 1.54) is 32.1 Å². The van der Waals surface area contributed by atoms with Crippen LogP contribution < -0.4 is 0 Å². The number of hydrogen-bond acceptors (Lipinski definition) is 2. The number of rotatable bonds is 11. The van der Waals surface area contributed by atoms with Gasteiger partial charge in [-0.3, -0.25) is 9.48 Å². The highest BCUT2D eigenvalue weighted by molar-refractivity contribution is 5.80. The van der Waals surface area contributed by atoms with Crippen LogP contribution in [0.15, 0.2) is 12.3 Å².